The monoisotopic (exact) mass is 372 g/mol. The number of halogens is 7. The fourth-order valence-corrected chi connectivity index (χ4v) is 2.91. The molecule has 2 aromatic rings. The van der Waals surface area contributed by atoms with Gasteiger partial charge in [-0.25, -0.2) is 0 Å². The molecule has 0 aromatic heterocycles. The minimum atomic E-state index is -4.50. The van der Waals surface area contributed by atoms with E-state index in [-0.39, 0.29) is 32.1 Å². The Kier molecular flexibility index (Phi) is 4.99. The average Bonchev–Trinajstić information content (AvgIpc) is 2.41. The van der Waals surface area contributed by atoms with Gasteiger partial charge in [0.25, 0.3) is 0 Å². The molecule has 21 heavy (non-hydrogen) atoms. The highest BCUT2D eigenvalue weighted by Crippen LogP contribution is 2.41. The molecule has 0 heterocycles. The quantitative estimate of drug-likeness (QED) is 0.390. The molecule has 0 fully saturated rings. The van der Waals surface area contributed by atoms with Crippen LogP contribution in [0, 0.1) is 0 Å². The Labute approximate surface area is 139 Å². The molecule has 0 nitrogen and oxygen atoms in total. The van der Waals surface area contributed by atoms with Crippen LogP contribution in [0.4, 0.5) is 13.2 Å². The topological polar surface area (TPSA) is 0 Å². The Morgan fingerprint density at radius 1 is 0.857 bits per heavy atom. The lowest BCUT2D eigenvalue weighted by molar-refractivity contribution is -0.138. The molecule has 0 bridgehead atoms. The first-order valence-electron chi connectivity index (χ1n) is 5.65. The largest absolute Gasteiger partial charge is 0.416 e. The molecule has 0 unspecified atom stereocenters. The molecule has 0 N–H and O–H groups in total. The van der Waals surface area contributed by atoms with E-state index < -0.39 is 11.7 Å². The number of benzene rings is 2. The third-order valence-electron chi connectivity index (χ3n) is 2.92. The van der Waals surface area contributed by atoms with Crippen molar-refractivity contribution in [1.29, 1.82) is 0 Å². The summed E-state index contributed by atoms with van der Waals surface area (Å²) < 4.78 is 39.1. The summed E-state index contributed by atoms with van der Waals surface area (Å²) in [6.07, 6.45) is -4.50. The van der Waals surface area contributed by atoms with Crippen molar-refractivity contribution in [3.8, 4) is 11.1 Å². The molecule has 0 saturated carbocycles. The Morgan fingerprint density at radius 2 is 1.48 bits per heavy atom. The molecule has 0 aliphatic carbocycles. The number of rotatable bonds is 2. The van der Waals surface area contributed by atoms with Gasteiger partial charge in [0.1, 0.15) is 0 Å². The van der Waals surface area contributed by atoms with Crippen LogP contribution in [0.5, 0.6) is 0 Å². The zero-order valence-electron chi connectivity index (χ0n) is 10.2. The van der Waals surface area contributed by atoms with E-state index in [0.29, 0.717) is 5.56 Å². The highest BCUT2D eigenvalue weighted by molar-refractivity contribution is 6.44. The highest BCUT2D eigenvalue weighted by atomic mass is 35.5. The van der Waals surface area contributed by atoms with Crippen molar-refractivity contribution in [2.75, 3.05) is 0 Å². The van der Waals surface area contributed by atoms with Crippen molar-refractivity contribution in [2.24, 2.45) is 0 Å². The van der Waals surface area contributed by atoms with Gasteiger partial charge in [-0.3, -0.25) is 0 Å². The summed E-state index contributed by atoms with van der Waals surface area (Å²) in [6, 6.07) is 6.61. The molecule has 0 amide bonds. The summed E-state index contributed by atoms with van der Waals surface area (Å²) in [5, 5.41) is 0.633. The molecule has 0 aliphatic rings. The van der Waals surface area contributed by atoms with Gasteiger partial charge in [-0.1, -0.05) is 46.9 Å². The molecule has 2 rings (SSSR count). The second-order valence-electron chi connectivity index (χ2n) is 4.21. The molecular formula is C14H7Cl4F3. The van der Waals surface area contributed by atoms with Gasteiger partial charge in [0.2, 0.25) is 0 Å². The molecule has 0 saturated heterocycles. The maximum atomic E-state index is 13.0. The minimum Gasteiger partial charge on any atom is -0.166 e. The predicted octanol–water partition coefficient (Wildman–Crippen LogP) is 7.07. The van der Waals surface area contributed by atoms with Crippen LogP contribution in [0.25, 0.3) is 11.1 Å². The molecule has 0 atom stereocenters. The third-order valence-corrected chi connectivity index (χ3v) is 4.22. The van der Waals surface area contributed by atoms with Gasteiger partial charge < -0.3 is 0 Å². The lowest BCUT2D eigenvalue weighted by atomic mass is 9.96. The Balaban J connectivity index is 2.73. The third kappa shape index (κ3) is 3.42. The second kappa shape index (κ2) is 6.25. The summed E-state index contributed by atoms with van der Waals surface area (Å²) in [5.41, 5.74) is -0.208. The first-order chi connectivity index (χ1) is 9.75. The lowest BCUT2D eigenvalue weighted by Crippen LogP contribution is -2.09. The molecule has 0 spiro atoms. The zero-order valence-corrected chi connectivity index (χ0v) is 13.3. The second-order valence-corrected chi connectivity index (χ2v) is 5.70. The summed E-state index contributed by atoms with van der Waals surface area (Å²) in [6.45, 7) is 0. The van der Waals surface area contributed by atoms with Gasteiger partial charge in [0.15, 0.2) is 0 Å². The van der Waals surface area contributed by atoms with Crippen LogP contribution in [-0.4, -0.2) is 0 Å². The van der Waals surface area contributed by atoms with Crippen molar-refractivity contribution in [3.05, 3.63) is 56.5 Å². The summed E-state index contributed by atoms with van der Waals surface area (Å²) in [5.74, 6) is -0.304. The van der Waals surface area contributed by atoms with Crippen LogP contribution in [0.2, 0.25) is 15.1 Å². The van der Waals surface area contributed by atoms with Gasteiger partial charge in [-0.2, -0.15) is 13.2 Å². The molecule has 112 valence electrons. The Hall–Kier alpha value is -0.610. The molecule has 7 heteroatoms. The van der Waals surface area contributed by atoms with Crippen molar-refractivity contribution >= 4 is 46.4 Å². The summed E-state index contributed by atoms with van der Waals surface area (Å²) in [4.78, 5) is 0. The van der Waals surface area contributed by atoms with Gasteiger partial charge in [-0.15, -0.1) is 11.6 Å². The number of hydrogen-bond donors (Lipinski definition) is 0. The van der Waals surface area contributed by atoms with E-state index in [1.165, 1.54) is 24.3 Å². The number of hydrogen-bond acceptors (Lipinski definition) is 0. The van der Waals surface area contributed by atoms with Crippen molar-refractivity contribution in [3.63, 3.8) is 0 Å². The van der Waals surface area contributed by atoms with Crippen LogP contribution in [-0.2, 0) is 12.1 Å². The standard InChI is InChI=1S/C14H7Cl4F3/c15-6-9-7(2-1-3-10(9)14(19,20)21)8-4-12(17)13(18)5-11(8)16/h1-5H,6H2. The van der Waals surface area contributed by atoms with E-state index in [0.717, 1.165) is 6.07 Å². The molecule has 0 radical (unpaired) electrons. The van der Waals surface area contributed by atoms with E-state index in [2.05, 4.69) is 0 Å². The van der Waals surface area contributed by atoms with E-state index >= 15 is 0 Å². The maximum Gasteiger partial charge on any atom is 0.416 e. The van der Waals surface area contributed by atoms with Crippen molar-refractivity contribution < 1.29 is 13.2 Å². The first-order valence-corrected chi connectivity index (χ1v) is 7.32. The molecular weight excluding hydrogens is 367 g/mol. The van der Waals surface area contributed by atoms with Gasteiger partial charge in [0.05, 0.1) is 15.6 Å². The maximum absolute atomic E-state index is 13.0. The predicted molar refractivity (Wildman–Crippen MR) is 81.5 cm³/mol. The Morgan fingerprint density at radius 3 is 2.05 bits per heavy atom. The fourth-order valence-electron chi connectivity index (χ4n) is 1.98. The smallest absolute Gasteiger partial charge is 0.166 e. The van der Waals surface area contributed by atoms with E-state index in [9.17, 15) is 13.2 Å². The number of alkyl halides is 4. The van der Waals surface area contributed by atoms with Crippen molar-refractivity contribution in [2.45, 2.75) is 12.1 Å². The van der Waals surface area contributed by atoms with Crippen LogP contribution in [0.15, 0.2) is 30.3 Å². The Bertz CT molecular complexity index is 681. The first kappa shape index (κ1) is 16.8. The normalized spacial score (nSPS) is 11.8. The minimum absolute atomic E-state index is 0.0491. The van der Waals surface area contributed by atoms with Gasteiger partial charge in [-0.05, 0) is 29.3 Å². The summed E-state index contributed by atoms with van der Waals surface area (Å²) in [7, 11) is 0. The molecule has 2 aromatic carbocycles. The van der Waals surface area contributed by atoms with E-state index in [1.807, 2.05) is 0 Å². The van der Waals surface area contributed by atoms with Crippen LogP contribution >= 0.6 is 46.4 Å². The van der Waals surface area contributed by atoms with E-state index in [1.54, 1.807) is 0 Å². The zero-order chi connectivity index (χ0) is 15.8. The van der Waals surface area contributed by atoms with Crippen LogP contribution in [0.1, 0.15) is 11.1 Å². The summed E-state index contributed by atoms with van der Waals surface area (Å²) >= 11 is 23.5. The van der Waals surface area contributed by atoms with Gasteiger partial charge in [0, 0.05) is 16.5 Å². The lowest BCUT2D eigenvalue weighted by Gasteiger charge is -2.16. The highest BCUT2D eigenvalue weighted by Gasteiger charge is 2.34. The molecule has 0 aliphatic heterocycles. The van der Waals surface area contributed by atoms with Crippen LogP contribution in [0.3, 0.4) is 0 Å². The fraction of sp³-hybridized carbons (Fsp3) is 0.143. The average molecular weight is 374 g/mol. The van der Waals surface area contributed by atoms with Crippen molar-refractivity contribution in [1.82, 2.24) is 0 Å². The van der Waals surface area contributed by atoms with Crippen LogP contribution < -0.4 is 0 Å². The SMILES string of the molecule is FC(F)(F)c1cccc(-c2cc(Cl)c(Cl)cc2Cl)c1CCl. The van der Waals surface area contributed by atoms with E-state index in [4.69, 9.17) is 46.4 Å². The van der Waals surface area contributed by atoms with Gasteiger partial charge >= 0.3 is 6.18 Å².